The molecular formula is C21H34N4O2. The number of hydrogen-bond acceptors (Lipinski definition) is 6. The molecule has 1 fully saturated rings. The van der Waals surface area contributed by atoms with Crippen molar-refractivity contribution in [1.82, 2.24) is 19.8 Å². The van der Waals surface area contributed by atoms with Gasteiger partial charge in [0, 0.05) is 36.5 Å². The van der Waals surface area contributed by atoms with Crippen molar-refractivity contribution in [3.05, 3.63) is 35.7 Å². The molecule has 1 aliphatic heterocycles. The second kappa shape index (κ2) is 7.40. The van der Waals surface area contributed by atoms with E-state index in [1.807, 2.05) is 12.4 Å². The fourth-order valence-corrected chi connectivity index (χ4v) is 3.27. The number of piperazine rings is 1. The average Bonchev–Trinajstić information content (AvgIpc) is 3.18. The van der Waals surface area contributed by atoms with Crippen LogP contribution in [0.1, 0.15) is 71.8 Å². The summed E-state index contributed by atoms with van der Waals surface area (Å²) in [6, 6.07) is 0.431. The Balaban J connectivity index is 1.54. The first kappa shape index (κ1) is 20.1. The maximum atomic E-state index is 5.96. The van der Waals surface area contributed by atoms with E-state index in [2.05, 4.69) is 68.2 Å². The largest absolute Gasteiger partial charge is 0.444 e. The van der Waals surface area contributed by atoms with E-state index >= 15 is 0 Å². The summed E-state index contributed by atoms with van der Waals surface area (Å²) in [5.74, 6) is 3.51. The van der Waals surface area contributed by atoms with Gasteiger partial charge in [0.25, 0.3) is 0 Å². The standard InChI is InChI=1S/C21H34N4O2/c1-15-12-24(13-18-22-10-16(26-18)20(2,3)4)8-9-25(15)14-19-23-11-17(27-19)21(5,6)7/h10-11,15H,8-9,12-14H2,1-7H3. The van der Waals surface area contributed by atoms with E-state index in [0.717, 1.165) is 56.0 Å². The Kier molecular flexibility index (Phi) is 5.50. The molecule has 1 saturated heterocycles. The third-order valence-electron chi connectivity index (χ3n) is 5.13. The fraction of sp³-hybridized carbons (Fsp3) is 0.714. The smallest absolute Gasteiger partial charge is 0.208 e. The predicted octanol–water partition coefficient (Wildman–Crippen LogP) is 3.96. The van der Waals surface area contributed by atoms with Crippen LogP contribution in [-0.2, 0) is 23.9 Å². The van der Waals surface area contributed by atoms with Crippen molar-refractivity contribution in [3.8, 4) is 0 Å². The quantitative estimate of drug-likeness (QED) is 0.807. The van der Waals surface area contributed by atoms with Crippen LogP contribution in [0.5, 0.6) is 0 Å². The van der Waals surface area contributed by atoms with Crippen molar-refractivity contribution in [2.24, 2.45) is 0 Å². The van der Waals surface area contributed by atoms with Crippen LogP contribution in [0.2, 0.25) is 0 Å². The van der Waals surface area contributed by atoms with E-state index in [4.69, 9.17) is 8.83 Å². The van der Waals surface area contributed by atoms with Crippen LogP contribution < -0.4 is 0 Å². The van der Waals surface area contributed by atoms with Gasteiger partial charge in [-0.3, -0.25) is 9.80 Å². The molecule has 0 N–H and O–H groups in total. The second-order valence-electron chi connectivity index (χ2n) is 9.79. The van der Waals surface area contributed by atoms with Crippen LogP contribution in [-0.4, -0.2) is 45.4 Å². The highest BCUT2D eigenvalue weighted by Gasteiger charge is 2.27. The van der Waals surface area contributed by atoms with Crippen molar-refractivity contribution >= 4 is 0 Å². The molecule has 0 aromatic carbocycles. The first-order valence-corrected chi connectivity index (χ1v) is 9.89. The zero-order chi connectivity index (χ0) is 19.8. The Morgan fingerprint density at radius 1 is 0.889 bits per heavy atom. The first-order valence-electron chi connectivity index (χ1n) is 9.89. The normalized spacial score (nSPS) is 20.3. The van der Waals surface area contributed by atoms with E-state index in [1.165, 1.54) is 0 Å². The summed E-state index contributed by atoms with van der Waals surface area (Å²) in [7, 11) is 0. The fourth-order valence-electron chi connectivity index (χ4n) is 3.27. The second-order valence-corrected chi connectivity index (χ2v) is 9.79. The van der Waals surface area contributed by atoms with Gasteiger partial charge in [0.05, 0.1) is 25.5 Å². The van der Waals surface area contributed by atoms with E-state index in [0.29, 0.717) is 6.04 Å². The van der Waals surface area contributed by atoms with Crippen molar-refractivity contribution < 1.29 is 8.83 Å². The van der Waals surface area contributed by atoms with Gasteiger partial charge in [-0.25, -0.2) is 9.97 Å². The Hall–Kier alpha value is -1.66. The van der Waals surface area contributed by atoms with Crippen molar-refractivity contribution in [3.63, 3.8) is 0 Å². The zero-order valence-electron chi connectivity index (χ0n) is 17.9. The highest BCUT2D eigenvalue weighted by molar-refractivity contribution is 5.07. The number of hydrogen-bond donors (Lipinski definition) is 0. The van der Waals surface area contributed by atoms with Gasteiger partial charge in [-0.05, 0) is 6.92 Å². The molecule has 2 aromatic heterocycles. The topological polar surface area (TPSA) is 58.5 Å². The lowest BCUT2D eigenvalue weighted by Gasteiger charge is -2.38. The van der Waals surface area contributed by atoms with Crippen LogP contribution in [0.3, 0.4) is 0 Å². The van der Waals surface area contributed by atoms with Gasteiger partial charge < -0.3 is 8.83 Å². The Bertz CT molecular complexity index is 751. The van der Waals surface area contributed by atoms with E-state index in [9.17, 15) is 0 Å². The summed E-state index contributed by atoms with van der Waals surface area (Å²) in [5.41, 5.74) is -0.00327. The lowest BCUT2D eigenvalue weighted by atomic mass is 9.94. The molecule has 1 aliphatic rings. The third kappa shape index (κ3) is 4.99. The minimum Gasteiger partial charge on any atom is -0.444 e. The van der Waals surface area contributed by atoms with Crippen molar-refractivity contribution in [2.45, 2.75) is 78.4 Å². The molecule has 0 radical (unpaired) electrons. The molecule has 0 aliphatic carbocycles. The molecule has 6 nitrogen and oxygen atoms in total. The van der Waals surface area contributed by atoms with Gasteiger partial charge in [-0.15, -0.1) is 0 Å². The summed E-state index contributed by atoms with van der Waals surface area (Å²) in [4.78, 5) is 13.8. The molecule has 0 saturated carbocycles. The van der Waals surface area contributed by atoms with E-state index < -0.39 is 0 Å². The molecule has 27 heavy (non-hydrogen) atoms. The average molecular weight is 375 g/mol. The molecule has 6 heteroatoms. The summed E-state index contributed by atoms with van der Waals surface area (Å²) >= 11 is 0. The Morgan fingerprint density at radius 2 is 1.41 bits per heavy atom. The predicted molar refractivity (Wildman–Crippen MR) is 106 cm³/mol. The van der Waals surface area contributed by atoms with Crippen LogP contribution in [0.25, 0.3) is 0 Å². The number of aromatic nitrogens is 2. The Morgan fingerprint density at radius 3 is 1.85 bits per heavy atom. The minimum absolute atomic E-state index is 0.000806. The summed E-state index contributed by atoms with van der Waals surface area (Å²) in [6.45, 7) is 19.6. The molecule has 2 aromatic rings. The van der Waals surface area contributed by atoms with Crippen LogP contribution in [0, 0.1) is 0 Å². The van der Waals surface area contributed by atoms with Crippen molar-refractivity contribution in [2.75, 3.05) is 19.6 Å². The molecule has 1 unspecified atom stereocenters. The SMILES string of the molecule is CC1CN(Cc2ncc(C(C)(C)C)o2)CCN1Cc1ncc(C(C)(C)C)o1. The molecule has 1 atom stereocenters. The first-order chi connectivity index (χ1) is 12.5. The maximum Gasteiger partial charge on any atom is 0.208 e. The van der Waals surface area contributed by atoms with Gasteiger partial charge in [0.1, 0.15) is 11.5 Å². The van der Waals surface area contributed by atoms with Gasteiger partial charge in [0.15, 0.2) is 0 Å². The van der Waals surface area contributed by atoms with Crippen LogP contribution in [0.15, 0.2) is 21.2 Å². The van der Waals surface area contributed by atoms with Crippen LogP contribution >= 0.6 is 0 Å². The minimum atomic E-state index is -0.00247. The molecule has 0 spiro atoms. The molecule has 3 rings (SSSR count). The molecule has 3 heterocycles. The van der Waals surface area contributed by atoms with E-state index in [1.54, 1.807) is 0 Å². The number of rotatable bonds is 4. The highest BCUT2D eigenvalue weighted by atomic mass is 16.4. The van der Waals surface area contributed by atoms with Gasteiger partial charge >= 0.3 is 0 Å². The lowest BCUT2D eigenvalue weighted by molar-refractivity contribution is 0.0611. The number of nitrogens with zero attached hydrogens (tertiary/aromatic N) is 4. The Labute approximate surface area is 163 Å². The highest BCUT2D eigenvalue weighted by Crippen LogP contribution is 2.25. The van der Waals surface area contributed by atoms with Crippen molar-refractivity contribution in [1.29, 1.82) is 0 Å². The lowest BCUT2D eigenvalue weighted by Crippen LogP contribution is -2.51. The molecular weight excluding hydrogens is 340 g/mol. The number of oxazole rings is 2. The van der Waals surface area contributed by atoms with Crippen LogP contribution in [0.4, 0.5) is 0 Å². The maximum absolute atomic E-state index is 5.96. The monoisotopic (exact) mass is 374 g/mol. The van der Waals surface area contributed by atoms with Gasteiger partial charge in [-0.1, -0.05) is 41.5 Å². The van der Waals surface area contributed by atoms with Gasteiger partial charge in [0.2, 0.25) is 11.8 Å². The molecule has 150 valence electrons. The third-order valence-corrected chi connectivity index (χ3v) is 5.13. The van der Waals surface area contributed by atoms with Gasteiger partial charge in [-0.2, -0.15) is 0 Å². The zero-order valence-corrected chi connectivity index (χ0v) is 17.9. The molecule has 0 amide bonds. The molecule has 0 bridgehead atoms. The summed E-state index contributed by atoms with van der Waals surface area (Å²) in [5, 5.41) is 0. The summed E-state index contributed by atoms with van der Waals surface area (Å²) < 4.78 is 11.9. The van der Waals surface area contributed by atoms with E-state index in [-0.39, 0.29) is 10.8 Å². The summed E-state index contributed by atoms with van der Waals surface area (Å²) in [6.07, 6.45) is 3.73.